The summed E-state index contributed by atoms with van der Waals surface area (Å²) in [6.45, 7) is 2.26. The molecule has 2 aromatic heterocycles. The molecule has 2 heterocycles. The lowest BCUT2D eigenvalue weighted by atomic mass is 9.84. The van der Waals surface area contributed by atoms with E-state index in [4.69, 9.17) is 5.84 Å². The molecule has 1 atom stereocenters. The van der Waals surface area contributed by atoms with Gasteiger partial charge in [-0.2, -0.15) is 4.98 Å². The Morgan fingerprint density at radius 3 is 2.85 bits per heavy atom. The molecule has 0 bridgehead atoms. The third-order valence-corrected chi connectivity index (χ3v) is 4.98. The second-order valence-electron chi connectivity index (χ2n) is 5.51. The number of rotatable bonds is 4. The van der Waals surface area contributed by atoms with Crippen LogP contribution in [0.5, 0.6) is 0 Å². The fraction of sp³-hybridized carbons (Fsp3) is 0.571. The van der Waals surface area contributed by atoms with Crippen molar-refractivity contribution >= 4 is 33.3 Å². The molecule has 2 aromatic rings. The maximum absolute atomic E-state index is 5.45. The summed E-state index contributed by atoms with van der Waals surface area (Å²) in [7, 11) is 0. The summed E-state index contributed by atoms with van der Waals surface area (Å²) in [5, 5.41) is 6.69. The third kappa shape index (κ3) is 2.71. The molecule has 0 saturated heterocycles. The molecule has 1 fully saturated rings. The number of nitrogens with zero attached hydrogens (tertiary/aromatic N) is 2. The summed E-state index contributed by atoms with van der Waals surface area (Å²) in [5.41, 5.74) is 2.55. The van der Waals surface area contributed by atoms with Crippen LogP contribution in [0.2, 0.25) is 0 Å². The molecule has 3 rings (SSSR count). The average Bonchev–Trinajstić information content (AvgIpc) is 2.96. The van der Waals surface area contributed by atoms with E-state index in [-0.39, 0.29) is 0 Å². The van der Waals surface area contributed by atoms with Gasteiger partial charge in [-0.15, -0.1) is 11.3 Å². The van der Waals surface area contributed by atoms with Crippen molar-refractivity contribution in [3.05, 3.63) is 11.4 Å². The molecule has 0 aromatic carbocycles. The Balaban J connectivity index is 1.83. The van der Waals surface area contributed by atoms with Gasteiger partial charge in [-0.25, -0.2) is 10.8 Å². The third-order valence-electron chi connectivity index (χ3n) is 4.18. The number of nitrogen functional groups attached to an aromatic ring is 1. The van der Waals surface area contributed by atoms with E-state index < -0.39 is 0 Å². The van der Waals surface area contributed by atoms with E-state index >= 15 is 0 Å². The summed E-state index contributed by atoms with van der Waals surface area (Å²) < 4.78 is 0. The molecule has 108 valence electrons. The van der Waals surface area contributed by atoms with Gasteiger partial charge < -0.3 is 5.32 Å². The fourth-order valence-corrected chi connectivity index (χ4v) is 3.76. The van der Waals surface area contributed by atoms with Crippen LogP contribution in [0.15, 0.2) is 11.4 Å². The van der Waals surface area contributed by atoms with E-state index in [2.05, 4.69) is 33.7 Å². The summed E-state index contributed by atoms with van der Waals surface area (Å²) in [4.78, 5) is 9.80. The number of nitrogens with two attached hydrogens (primary N) is 1. The van der Waals surface area contributed by atoms with Crippen molar-refractivity contribution in [1.29, 1.82) is 0 Å². The molecular formula is C14H21N5S. The molecular weight excluding hydrogens is 270 g/mol. The lowest BCUT2D eigenvalue weighted by molar-refractivity contribution is 0.328. The van der Waals surface area contributed by atoms with Crippen LogP contribution < -0.4 is 16.6 Å². The zero-order chi connectivity index (χ0) is 13.9. The van der Waals surface area contributed by atoms with Crippen molar-refractivity contribution in [1.82, 2.24) is 9.97 Å². The van der Waals surface area contributed by atoms with Crippen molar-refractivity contribution < 1.29 is 0 Å². The molecule has 0 spiro atoms. The van der Waals surface area contributed by atoms with Crippen LogP contribution in [-0.2, 0) is 0 Å². The first kappa shape index (κ1) is 13.6. The normalized spacial score (nSPS) is 18.1. The smallest absolute Gasteiger partial charge is 0.240 e. The molecule has 6 heteroatoms. The minimum absolute atomic E-state index is 0.430. The fourth-order valence-electron chi connectivity index (χ4n) is 3.00. The van der Waals surface area contributed by atoms with E-state index in [0.29, 0.717) is 12.0 Å². The molecule has 4 N–H and O–H groups in total. The standard InChI is InChI=1S/C14H21N5S/c1-9(10-5-3-2-4-6-10)16-12-11-7-8-20-13(11)18-14(17-12)19-15/h7-10H,2-6,15H2,1H3,(H2,16,17,18,19). The van der Waals surface area contributed by atoms with Crippen molar-refractivity contribution in [3.8, 4) is 0 Å². The number of fused-ring (bicyclic) bond motifs is 1. The van der Waals surface area contributed by atoms with E-state index in [1.807, 2.05) is 5.38 Å². The summed E-state index contributed by atoms with van der Waals surface area (Å²) in [6.07, 6.45) is 6.71. The topological polar surface area (TPSA) is 75.9 Å². The molecule has 0 aliphatic heterocycles. The average molecular weight is 291 g/mol. The highest BCUT2D eigenvalue weighted by Crippen LogP contribution is 2.31. The van der Waals surface area contributed by atoms with Gasteiger partial charge in [-0.3, -0.25) is 5.43 Å². The van der Waals surface area contributed by atoms with Gasteiger partial charge in [0, 0.05) is 6.04 Å². The molecule has 1 unspecified atom stereocenters. The van der Waals surface area contributed by atoms with Crippen molar-refractivity contribution in [2.45, 2.75) is 45.1 Å². The second-order valence-corrected chi connectivity index (χ2v) is 6.41. The number of thiophene rings is 1. The van der Waals surface area contributed by atoms with Gasteiger partial charge >= 0.3 is 0 Å². The number of hydrogen-bond donors (Lipinski definition) is 3. The first-order valence-corrected chi connectivity index (χ1v) is 8.14. The molecule has 20 heavy (non-hydrogen) atoms. The Labute approximate surface area is 123 Å². The van der Waals surface area contributed by atoms with Gasteiger partial charge in [0.05, 0.1) is 5.39 Å². The van der Waals surface area contributed by atoms with Crippen molar-refractivity contribution in [2.24, 2.45) is 11.8 Å². The van der Waals surface area contributed by atoms with Crippen LogP contribution in [-0.4, -0.2) is 16.0 Å². The summed E-state index contributed by atoms with van der Waals surface area (Å²) in [5.74, 6) is 7.55. The van der Waals surface area contributed by atoms with Crippen LogP contribution in [0.25, 0.3) is 10.2 Å². The maximum atomic E-state index is 5.45. The molecule has 0 radical (unpaired) electrons. The highest BCUT2D eigenvalue weighted by molar-refractivity contribution is 7.16. The summed E-state index contributed by atoms with van der Waals surface area (Å²) >= 11 is 1.61. The van der Waals surface area contributed by atoms with Crippen LogP contribution >= 0.6 is 11.3 Å². The number of nitrogens with one attached hydrogen (secondary N) is 2. The molecule has 5 nitrogen and oxygen atoms in total. The number of hydrazine groups is 1. The minimum atomic E-state index is 0.430. The predicted octanol–water partition coefficient (Wildman–Crippen LogP) is 3.36. The van der Waals surface area contributed by atoms with Gasteiger partial charge in [0.25, 0.3) is 0 Å². The SMILES string of the molecule is CC(Nc1nc(NN)nc2sccc12)C1CCCCC1. The second kappa shape index (κ2) is 5.93. The Hall–Kier alpha value is -1.40. The maximum Gasteiger partial charge on any atom is 0.240 e. The quantitative estimate of drug-likeness (QED) is 0.595. The molecule has 1 aliphatic rings. The monoisotopic (exact) mass is 291 g/mol. The minimum Gasteiger partial charge on any atom is -0.367 e. The Morgan fingerprint density at radius 1 is 1.30 bits per heavy atom. The number of anilines is 2. The van der Waals surface area contributed by atoms with E-state index in [1.165, 1.54) is 32.1 Å². The van der Waals surface area contributed by atoms with Crippen LogP contribution in [0.1, 0.15) is 39.0 Å². The predicted molar refractivity (Wildman–Crippen MR) is 84.9 cm³/mol. The number of hydrogen-bond acceptors (Lipinski definition) is 6. The lowest BCUT2D eigenvalue weighted by Crippen LogP contribution is -2.28. The van der Waals surface area contributed by atoms with Gasteiger partial charge in [-0.05, 0) is 37.1 Å². The van der Waals surface area contributed by atoms with Crippen molar-refractivity contribution in [2.75, 3.05) is 10.7 Å². The highest BCUT2D eigenvalue weighted by atomic mass is 32.1. The first-order chi connectivity index (χ1) is 9.78. The van der Waals surface area contributed by atoms with Gasteiger partial charge in [-0.1, -0.05) is 19.3 Å². The zero-order valence-electron chi connectivity index (χ0n) is 11.7. The van der Waals surface area contributed by atoms with Crippen LogP contribution in [0.3, 0.4) is 0 Å². The van der Waals surface area contributed by atoms with Crippen LogP contribution in [0.4, 0.5) is 11.8 Å². The Morgan fingerprint density at radius 2 is 2.10 bits per heavy atom. The van der Waals surface area contributed by atoms with E-state index in [1.54, 1.807) is 11.3 Å². The largest absolute Gasteiger partial charge is 0.367 e. The van der Waals surface area contributed by atoms with Crippen LogP contribution in [0, 0.1) is 5.92 Å². The van der Waals surface area contributed by atoms with Gasteiger partial charge in [0.2, 0.25) is 5.95 Å². The van der Waals surface area contributed by atoms with E-state index in [9.17, 15) is 0 Å². The van der Waals surface area contributed by atoms with Crippen molar-refractivity contribution in [3.63, 3.8) is 0 Å². The lowest BCUT2D eigenvalue weighted by Gasteiger charge is -2.28. The molecule has 1 aliphatic carbocycles. The summed E-state index contributed by atoms with van der Waals surface area (Å²) in [6, 6.07) is 2.50. The first-order valence-electron chi connectivity index (χ1n) is 7.26. The molecule has 0 amide bonds. The Kier molecular flexibility index (Phi) is 4.03. The highest BCUT2D eigenvalue weighted by Gasteiger charge is 2.21. The van der Waals surface area contributed by atoms with Gasteiger partial charge in [0.15, 0.2) is 0 Å². The number of aromatic nitrogens is 2. The van der Waals surface area contributed by atoms with Gasteiger partial charge in [0.1, 0.15) is 10.6 Å². The zero-order valence-corrected chi connectivity index (χ0v) is 12.5. The Bertz CT molecular complexity index is 576. The van der Waals surface area contributed by atoms with E-state index in [0.717, 1.165) is 22.0 Å². The molecule has 1 saturated carbocycles.